The fourth-order valence-electron chi connectivity index (χ4n) is 1.46. The molecule has 0 fully saturated rings. The molecule has 4 N–H and O–H groups in total. The van der Waals surface area contributed by atoms with Crippen LogP contribution >= 0.6 is 36.2 Å². The topological polar surface area (TPSA) is 48.1 Å². The van der Waals surface area contributed by atoms with E-state index >= 15 is 0 Å². The van der Waals surface area contributed by atoms with E-state index in [-0.39, 0.29) is 0 Å². The van der Waals surface area contributed by atoms with Crippen molar-refractivity contribution < 1.29 is 0 Å². The zero-order chi connectivity index (χ0) is 14.8. The van der Waals surface area contributed by atoms with Crippen molar-refractivity contribution in [1.29, 1.82) is 0 Å². The molecule has 0 aliphatic carbocycles. The number of rotatable bonds is 5. The number of hydrazine groups is 1. The number of thioether (sulfide) groups is 1. The maximum absolute atomic E-state index is 5.18. The maximum Gasteiger partial charge on any atom is 0.189 e. The summed E-state index contributed by atoms with van der Waals surface area (Å²) in [6.07, 6.45) is 3.17. The number of benzene rings is 1. The molecule has 20 heavy (non-hydrogen) atoms. The van der Waals surface area contributed by atoms with Gasteiger partial charge in [0, 0.05) is 12.2 Å². The summed E-state index contributed by atoms with van der Waals surface area (Å²) in [4.78, 5) is 0. The van der Waals surface area contributed by atoms with Gasteiger partial charge in [-0.25, -0.2) is 0 Å². The van der Waals surface area contributed by atoms with Gasteiger partial charge in [0.1, 0.15) is 0 Å². The van der Waals surface area contributed by atoms with E-state index < -0.39 is 0 Å². The normalized spacial score (nSPS) is 9.70. The summed E-state index contributed by atoms with van der Waals surface area (Å²) in [5.41, 5.74) is 7.83. The van der Waals surface area contributed by atoms with E-state index in [9.17, 15) is 0 Å². The molecule has 0 heterocycles. The Labute approximate surface area is 135 Å². The first-order valence-corrected chi connectivity index (χ1v) is 8.49. The molecule has 1 rings (SSSR count). The van der Waals surface area contributed by atoms with Crippen LogP contribution in [0, 0.1) is 6.92 Å². The van der Waals surface area contributed by atoms with Crippen LogP contribution in [0.1, 0.15) is 12.0 Å². The van der Waals surface area contributed by atoms with Crippen LogP contribution in [0.4, 0.5) is 5.69 Å². The molecule has 0 atom stereocenters. The first-order valence-electron chi connectivity index (χ1n) is 6.28. The monoisotopic (exact) mass is 328 g/mol. The summed E-state index contributed by atoms with van der Waals surface area (Å²) in [5, 5.41) is 7.20. The lowest BCUT2D eigenvalue weighted by molar-refractivity contribution is 0.788. The lowest BCUT2D eigenvalue weighted by Crippen LogP contribution is -2.48. The van der Waals surface area contributed by atoms with Crippen LogP contribution in [0.25, 0.3) is 0 Å². The molecule has 110 valence electrons. The SMILES string of the molecule is CSCCCNC(=S)NNC(=S)Nc1cccc(C)c1. The molecular formula is C13H20N4S3. The molecule has 0 saturated heterocycles. The van der Waals surface area contributed by atoms with Gasteiger partial charge in [-0.2, -0.15) is 11.8 Å². The van der Waals surface area contributed by atoms with Crippen molar-refractivity contribution in [3.63, 3.8) is 0 Å². The maximum atomic E-state index is 5.18. The van der Waals surface area contributed by atoms with Gasteiger partial charge >= 0.3 is 0 Å². The third-order valence-electron chi connectivity index (χ3n) is 2.38. The van der Waals surface area contributed by atoms with E-state index in [1.54, 1.807) is 0 Å². The van der Waals surface area contributed by atoms with Gasteiger partial charge < -0.3 is 10.6 Å². The van der Waals surface area contributed by atoms with Gasteiger partial charge in [0.2, 0.25) is 0 Å². The standard InChI is InChI=1S/C13H20N4S3/c1-10-5-3-6-11(9-10)15-13(19)17-16-12(18)14-7-4-8-20-2/h3,5-6,9H,4,7-8H2,1-2H3,(H2,14,16,18)(H2,15,17,19). The van der Waals surface area contributed by atoms with Gasteiger partial charge in [0.15, 0.2) is 10.2 Å². The number of anilines is 1. The second kappa shape index (κ2) is 9.79. The first-order chi connectivity index (χ1) is 9.61. The molecule has 0 saturated carbocycles. The van der Waals surface area contributed by atoms with Crippen molar-refractivity contribution in [2.45, 2.75) is 13.3 Å². The number of hydrogen-bond donors (Lipinski definition) is 4. The molecule has 0 bridgehead atoms. The van der Waals surface area contributed by atoms with E-state index in [1.165, 1.54) is 5.56 Å². The molecule has 0 radical (unpaired) electrons. The quantitative estimate of drug-likeness (QED) is 0.376. The Hall–Kier alpha value is -1.05. The molecule has 0 unspecified atom stereocenters. The highest BCUT2D eigenvalue weighted by atomic mass is 32.2. The summed E-state index contributed by atoms with van der Waals surface area (Å²) in [7, 11) is 0. The van der Waals surface area contributed by atoms with Crippen LogP contribution in [0.2, 0.25) is 0 Å². The lowest BCUT2D eigenvalue weighted by Gasteiger charge is -2.14. The van der Waals surface area contributed by atoms with E-state index in [0.29, 0.717) is 10.2 Å². The van der Waals surface area contributed by atoms with Crippen LogP contribution < -0.4 is 21.5 Å². The van der Waals surface area contributed by atoms with Crippen molar-refractivity contribution in [3.8, 4) is 0 Å². The van der Waals surface area contributed by atoms with Crippen molar-refractivity contribution in [1.82, 2.24) is 16.2 Å². The van der Waals surface area contributed by atoms with Crippen molar-refractivity contribution >= 4 is 52.1 Å². The van der Waals surface area contributed by atoms with Crippen LogP contribution in [0.5, 0.6) is 0 Å². The summed E-state index contributed by atoms with van der Waals surface area (Å²) in [5.74, 6) is 1.12. The number of aryl methyl sites for hydroxylation is 1. The third kappa shape index (κ3) is 7.52. The minimum Gasteiger partial charge on any atom is -0.361 e. The van der Waals surface area contributed by atoms with E-state index in [4.69, 9.17) is 24.4 Å². The van der Waals surface area contributed by atoms with Crippen molar-refractivity contribution in [3.05, 3.63) is 29.8 Å². The highest BCUT2D eigenvalue weighted by Gasteiger charge is 1.99. The van der Waals surface area contributed by atoms with Crippen molar-refractivity contribution in [2.24, 2.45) is 0 Å². The van der Waals surface area contributed by atoms with Crippen LogP contribution in [-0.2, 0) is 0 Å². The molecule has 0 spiro atoms. The molecule has 0 amide bonds. The Morgan fingerprint density at radius 1 is 1.20 bits per heavy atom. The molecule has 0 aliphatic rings. The Bertz CT molecular complexity index is 451. The average molecular weight is 329 g/mol. The number of hydrogen-bond acceptors (Lipinski definition) is 3. The summed E-state index contributed by atoms with van der Waals surface area (Å²) >= 11 is 12.1. The van der Waals surface area contributed by atoms with Crippen molar-refractivity contribution in [2.75, 3.05) is 23.9 Å². The van der Waals surface area contributed by atoms with Crippen LogP contribution in [0.3, 0.4) is 0 Å². The summed E-state index contributed by atoms with van der Waals surface area (Å²) < 4.78 is 0. The smallest absolute Gasteiger partial charge is 0.189 e. The molecule has 7 heteroatoms. The Morgan fingerprint density at radius 3 is 2.65 bits per heavy atom. The predicted octanol–water partition coefficient (Wildman–Crippen LogP) is 2.41. The first kappa shape index (κ1) is 17.0. The van der Waals surface area contributed by atoms with Gasteiger partial charge in [0.25, 0.3) is 0 Å². The van der Waals surface area contributed by atoms with Gasteiger partial charge in [-0.3, -0.25) is 10.9 Å². The zero-order valence-electron chi connectivity index (χ0n) is 11.7. The third-order valence-corrected chi connectivity index (χ3v) is 3.52. The molecule has 0 aromatic heterocycles. The average Bonchev–Trinajstić information content (AvgIpc) is 2.41. The fraction of sp³-hybridized carbons (Fsp3) is 0.385. The highest BCUT2D eigenvalue weighted by molar-refractivity contribution is 7.98. The largest absolute Gasteiger partial charge is 0.361 e. The number of thiocarbonyl (C=S) groups is 2. The summed E-state index contributed by atoms with van der Waals surface area (Å²) in [6.45, 7) is 2.89. The van der Waals surface area contributed by atoms with E-state index in [1.807, 2.05) is 43.0 Å². The highest BCUT2D eigenvalue weighted by Crippen LogP contribution is 2.08. The van der Waals surface area contributed by atoms with Gasteiger partial charge in [-0.1, -0.05) is 12.1 Å². The molecule has 1 aromatic rings. The molecular weight excluding hydrogens is 308 g/mol. The van der Waals surface area contributed by atoms with Gasteiger partial charge in [0.05, 0.1) is 0 Å². The van der Waals surface area contributed by atoms with Gasteiger partial charge in [-0.05, 0) is 67.5 Å². The Balaban J connectivity index is 2.21. The van der Waals surface area contributed by atoms with Gasteiger partial charge in [-0.15, -0.1) is 0 Å². The van der Waals surface area contributed by atoms with Crippen LogP contribution in [-0.4, -0.2) is 28.8 Å². The Morgan fingerprint density at radius 2 is 1.95 bits per heavy atom. The second-order valence-electron chi connectivity index (χ2n) is 4.18. The molecule has 4 nitrogen and oxygen atoms in total. The predicted molar refractivity (Wildman–Crippen MR) is 97.3 cm³/mol. The van der Waals surface area contributed by atoms with E-state index in [2.05, 4.69) is 27.7 Å². The fourth-order valence-corrected chi connectivity index (χ4v) is 2.22. The summed E-state index contributed by atoms with van der Waals surface area (Å²) in [6, 6.07) is 7.99. The zero-order valence-corrected chi connectivity index (χ0v) is 14.1. The Kier molecular flexibility index (Phi) is 8.32. The second-order valence-corrected chi connectivity index (χ2v) is 5.98. The molecule has 0 aliphatic heterocycles. The molecule has 1 aromatic carbocycles. The van der Waals surface area contributed by atoms with Crippen LogP contribution in [0.15, 0.2) is 24.3 Å². The number of nitrogens with one attached hydrogen (secondary N) is 4. The minimum absolute atomic E-state index is 0.476. The minimum atomic E-state index is 0.476. The van der Waals surface area contributed by atoms with E-state index in [0.717, 1.165) is 24.4 Å². The lowest BCUT2D eigenvalue weighted by atomic mass is 10.2.